The van der Waals surface area contributed by atoms with E-state index in [2.05, 4.69) is 20.4 Å². The molecule has 0 radical (unpaired) electrons. The zero-order valence-corrected chi connectivity index (χ0v) is 12.2. The molecule has 5 nitrogen and oxygen atoms in total. The van der Waals surface area contributed by atoms with Gasteiger partial charge in [-0.25, -0.2) is 0 Å². The fourth-order valence-electron chi connectivity index (χ4n) is 1.94. The summed E-state index contributed by atoms with van der Waals surface area (Å²) in [4.78, 5) is 0. The Bertz CT molecular complexity index is 866. The molecule has 0 spiro atoms. The third-order valence-electron chi connectivity index (χ3n) is 2.93. The first-order valence-corrected chi connectivity index (χ1v) is 6.71. The average Bonchev–Trinajstić information content (AvgIpc) is 3.07. The van der Waals surface area contributed by atoms with E-state index in [1.54, 1.807) is 6.07 Å². The number of rotatable bonds is 2. The van der Waals surface area contributed by atoms with E-state index < -0.39 is 11.7 Å². The molecule has 0 fully saturated rings. The Morgan fingerprint density at radius 3 is 2.59 bits per heavy atom. The highest BCUT2D eigenvalue weighted by molar-refractivity contribution is 7.71. The van der Waals surface area contributed by atoms with Crippen LogP contribution in [-0.2, 0) is 6.18 Å². The molecule has 0 saturated carbocycles. The van der Waals surface area contributed by atoms with Crippen LogP contribution in [0.25, 0.3) is 17.2 Å². The second kappa shape index (κ2) is 5.25. The van der Waals surface area contributed by atoms with E-state index in [0.29, 0.717) is 5.69 Å². The number of alkyl halides is 3. The molecule has 0 unspecified atom stereocenters. The van der Waals surface area contributed by atoms with Crippen molar-refractivity contribution in [2.45, 2.75) is 6.18 Å². The van der Waals surface area contributed by atoms with Gasteiger partial charge in [0.05, 0.1) is 16.3 Å². The van der Waals surface area contributed by atoms with Crippen molar-refractivity contribution in [1.29, 1.82) is 0 Å². The zero-order chi connectivity index (χ0) is 15.9. The summed E-state index contributed by atoms with van der Waals surface area (Å²) in [6.07, 6.45) is -3.00. The van der Waals surface area contributed by atoms with Gasteiger partial charge < -0.3 is 0 Å². The summed E-state index contributed by atoms with van der Waals surface area (Å²) < 4.78 is 40.1. The van der Waals surface area contributed by atoms with Crippen molar-refractivity contribution in [1.82, 2.24) is 25.0 Å². The van der Waals surface area contributed by atoms with Crippen LogP contribution >= 0.6 is 23.8 Å². The quantitative estimate of drug-likeness (QED) is 0.690. The Balaban J connectivity index is 2.25. The van der Waals surface area contributed by atoms with Crippen LogP contribution in [0.15, 0.2) is 30.5 Å². The van der Waals surface area contributed by atoms with Crippen LogP contribution in [0.1, 0.15) is 5.56 Å². The molecule has 0 aliphatic rings. The molecule has 10 heteroatoms. The maximum absolute atomic E-state index is 12.9. The molecular formula is C12H7ClF3N5S. The maximum atomic E-state index is 12.9. The van der Waals surface area contributed by atoms with Crippen LogP contribution in [-0.4, -0.2) is 25.0 Å². The van der Waals surface area contributed by atoms with Gasteiger partial charge in [0.15, 0.2) is 10.6 Å². The van der Waals surface area contributed by atoms with Crippen LogP contribution in [0.4, 0.5) is 13.2 Å². The first-order valence-electron chi connectivity index (χ1n) is 5.92. The molecular weight excluding hydrogens is 339 g/mol. The monoisotopic (exact) mass is 345 g/mol. The summed E-state index contributed by atoms with van der Waals surface area (Å²) >= 11 is 11.1. The SMILES string of the molecule is FC(F)(F)c1ccc(Cl)c(-n2c(-c3ccn[nH]3)n[nH]c2=S)c1. The minimum Gasteiger partial charge on any atom is -0.275 e. The lowest BCUT2D eigenvalue weighted by Crippen LogP contribution is -2.07. The highest BCUT2D eigenvalue weighted by Gasteiger charge is 2.31. The Morgan fingerprint density at radius 2 is 1.95 bits per heavy atom. The molecule has 2 aromatic heterocycles. The fourth-order valence-corrected chi connectivity index (χ4v) is 2.37. The first kappa shape index (κ1) is 14.8. The average molecular weight is 346 g/mol. The lowest BCUT2D eigenvalue weighted by molar-refractivity contribution is -0.137. The summed E-state index contributed by atoms with van der Waals surface area (Å²) in [5.41, 5.74) is -0.258. The second-order valence-corrected chi connectivity index (χ2v) is 5.12. The van der Waals surface area contributed by atoms with Gasteiger partial charge in [-0.2, -0.15) is 23.4 Å². The summed E-state index contributed by atoms with van der Waals surface area (Å²) in [5, 5.41) is 13.1. The third kappa shape index (κ3) is 2.53. The highest BCUT2D eigenvalue weighted by Crippen LogP contribution is 2.34. The minimum absolute atomic E-state index is 0.0832. The van der Waals surface area contributed by atoms with Crippen LogP contribution in [0.3, 0.4) is 0 Å². The van der Waals surface area contributed by atoms with Crippen molar-refractivity contribution in [2.24, 2.45) is 0 Å². The van der Waals surface area contributed by atoms with Crippen molar-refractivity contribution < 1.29 is 13.2 Å². The molecule has 0 amide bonds. The van der Waals surface area contributed by atoms with Crippen LogP contribution in [0, 0.1) is 4.77 Å². The van der Waals surface area contributed by atoms with Crippen molar-refractivity contribution >= 4 is 23.8 Å². The minimum atomic E-state index is -4.49. The molecule has 0 atom stereocenters. The molecule has 22 heavy (non-hydrogen) atoms. The predicted molar refractivity (Wildman–Crippen MR) is 76.3 cm³/mol. The normalized spacial score (nSPS) is 11.8. The fraction of sp³-hybridized carbons (Fsp3) is 0.0833. The number of hydrogen-bond acceptors (Lipinski definition) is 3. The van der Waals surface area contributed by atoms with Gasteiger partial charge in [0, 0.05) is 6.20 Å². The van der Waals surface area contributed by atoms with Gasteiger partial charge in [0.2, 0.25) is 0 Å². The lowest BCUT2D eigenvalue weighted by atomic mass is 10.2. The summed E-state index contributed by atoms with van der Waals surface area (Å²) in [7, 11) is 0. The zero-order valence-electron chi connectivity index (χ0n) is 10.6. The topological polar surface area (TPSA) is 62.3 Å². The Hall–Kier alpha value is -2.13. The number of H-pyrrole nitrogens is 2. The molecule has 0 aliphatic carbocycles. The molecule has 1 aromatic carbocycles. The number of hydrogen-bond donors (Lipinski definition) is 2. The van der Waals surface area contributed by atoms with Gasteiger partial charge in [0.1, 0.15) is 5.69 Å². The molecule has 114 valence electrons. The summed E-state index contributed by atoms with van der Waals surface area (Å²) in [5.74, 6) is 0.281. The number of nitrogens with zero attached hydrogens (tertiary/aromatic N) is 3. The van der Waals surface area contributed by atoms with E-state index >= 15 is 0 Å². The molecule has 2 heterocycles. The van der Waals surface area contributed by atoms with E-state index in [4.69, 9.17) is 23.8 Å². The van der Waals surface area contributed by atoms with Crippen molar-refractivity contribution in [3.63, 3.8) is 0 Å². The van der Waals surface area contributed by atoms with Crippen LogP contribution < -0.4 is 0 Å². The maximum Gasteiger partial charge on any atom is 0.416 e. The molecule has 0 aliphatic heterocycles. The molecule has 3 rings (SSSR count). The number of aromatic nitrogens is 5. The van der Waals surface area contributed by atoms with Gasteiger partial charge in [-0.05, 0) is 36.5 Å². The Morgan fingerprint density at radius 1 is 1.18 bits per heavy atom. The van der Waals surface area contributed by atoms with E-state index in [-0.39, 0.29) is 21.3 Å². The van der Waals surface area contributed by atoms with Crippen molar-refractivity contribution in [3.05, 3.63) is 45.8 Å². The molecule has 0 saturated heterocycles. The highest BCUT2D eigenvalue weighted by atomic mass is 35.5. The molecule has 0 bridgehead atoms. The van der Waals surface area contributed by atoms with Crippen LogP contribution in [0.2, 0.25) is 5.02 Å². The Kier molecular flexibility index (Phi) is 3.53. The summed E-state index contributed by atoms with van der Waals surface area (Å²) in [6, 6.07) is 4.62. The number of nitrogens with one attached hydrogen (secondary N) is 2. The van der Waals surface area contributed by atoms with Gasteiger partial charge in [-0.3, -0.25) is 14.8 Å². The van der Waals surface area contributed by atoms with Gasteiger partial charge in [0.25, 0.3) is 0 Å². The smallest absolute Gasteiger partial charge is 0.275 e. The Labute approximate surface area is 131 Å². The van der Waals surface area contributed by atoms with E-state index in [0.717, 1.165) is 12.1 Å². The van der Waals surface area contributed by atoms with Crippen LogP contribution in [0.5, 0.6) is 0 Å². The number of benzene rings is 1. The first-order chi connectivity index (χ1) is 10.4. The largest absolute Gasteiger partial charge is 0.416 e. The lowest BCUT2D eigenvalue weighted by Gasteiger charge is -2.12. The number of halogens is 4. The second-order valence-electron chi connectivity index (χ2n) is 4.32. The molecule has 3 aromatic rings. The summed E-state index contributed by atoms with van der Waals surface area (Å²) in [6.45, 7) is 0. The van der Waals surface area contributed by atoms with Crippen molar-refractivity contribution in [3.8, 4) is 17.2 Å². The predicted octanol–water partition coefficient (Wildman–Crippen LogP) is 3.99. The van der Waals surface area contributed by atoms with Gasteiger partial charge in [-0.15, -0.1) is 0 Å². The van der Waals surface area contributed by atoms with E-state index in [1.807, 2.05) is 0 Å². The molecule has 2 N–H and O–H groups in total. The van der Waals surface area contributed by atoms with E-state index in [1.165, 1.54) is 16.8 Å². The van der Waals surface area contributed by atoms with E-state index in [9.17, 15) is 13.2 Å². The third-order valence-corrected chi connectivity index (χ3v) is 3.52. The standard InChI is InChI=1S/C12H7ClF3N5S/c13-7-2-1-6(12(14,15)16)5-9(7)21-10(19-20-11(21)22)8-3-4-17-18-8/h1-5H,(H,17,18)(H,20,22). The number of aromatic amines is 2. The van der Waals surface area contributed by atoms with Gasteiger partial charge in [-0.1, -0.05) is 11.6 Å². The van der Waals surface area contributed by atoms with Crippen molar-refractivity contribution in [2.75, 3.05) is 0 Å². The van der Waals surface area contributed by atoms with Gasteiger partial charge >= 0.3 is 6.18 Å².